The second-order valence-corrected chi connectivity index (χ2v) is 8.54. The highest BCUT2D eigenvalue weighted by molar-refractivity contribution is 5.94. The zero-order chi connectivity index (χ0) is 29.2. The first-order valence-corrected chi connectivity index (χ1v) is 12.2. The van der Waals surface area contributed by atoms with Crippen molar-refractivity contribution >= 4 is 11.8 Å². The summed E-state index contributed by atoms with van der Waals surface area (Å²) in [4.78, 5) is 32.6. The fourth-order valence-electron chi connectivity index (χ4n) is 3.73. The van der Waals surface area contributed by atoms with Crippen LogP contribution in [0.1, 0.15) is 48.7 Å². The van der Waals surface area contributed by atoms with E-state index in [2.05, 4.69) is 20.1 Å². The van der Waals surface area contributed by atoms with Gasteiger partial charge in [-0.05, 0) is 30.5 Å². The van der Waals surface area contributed by atoms with Crippen LogP contribution in [0.15, 0.2) is 59.7 Å². The Bertz CT molecular complexity index is 1500. The van der Waals surface area contributed by atoms with Gasteiger partial charge < -0.3 is 20.3 Å². The maximum Gasteiger partial charge on any atom is 0.350 e. The maximum atomic E-state index is 15.8. The predicted octanol–water partition coefficient (Wildman–Crippen LogP) is 3.04. The molecule has 13 heteroatoms. The summed E-state index contributed by atoms with van der Waals surface area (Å²) in [5.41, 5.74) is 6.64. The maximum absolute atomic E-state index is 15.8. The van der Waals surface area contributed by atoms with Gasteiger partial charge in [-0.1, -0.05) is 31.2 Å². The molecule has 4 aromatic rings. The molecule has 2 aromatic carbocycles. The molecule has 0 aliphatic carbocycles. The van der Waals surface area contributed by atoms with E-state index >= 15 is 4.39 Å². The molecule has 1 unspecified atom stereocenters. The van der Waals surface area contributed by atoms with Gasteiger partial charge in [0.2, 0.25) is 0 Å². The quantitative estimate of drug-likeness (QED) is 0.170. The molecular weight excluding hydrogens is 521 g/mol. The van der Waals surface area contributed by atoms with Crippen molar-refractivity contribution in [2.45, 2.75) is 32.6 Å². The minimum Gasteiger partial charge on any atom is -0.497 e. The first-order chi connectivity index (χ1) is 19.1. The van der Waals surface area contributed by atoms with Gasteiger partial charge in [0.1, 0.15) is 17.4 Å². The third-order valence-corrected chi connectivity index (χ3v) is 5.53. The van der Waals surface area contributed by atoms with Gasteiger partial charge in [0.15, 0.2) is 11.6 Å². The van der Waals surface area contributed by atoms with E-state index in [-0.39, 0.29) is 35.3 Å². The molecular formula is C27H30FN7O5. The lowest BCUT2D eigenvalue weighted by molar-refractivity contribution is -0.134. The van der Waals surface area contributed by atoms with E-state index in [1.807, 2.05) is 6.92 Å². The van der Waals surface area contributed by atoms with Crippen LogP contribution in [0.5, 0.6) is 11.5 Å². The Morgan fingerprint density at radius 1 is 1.23 bits per heavy atom. The largest absolute Gasteiger partial charge is 0.497 e. The SMILES string of the molecule is CC(=O)O.CCCOc1cc(OC)cc(C(Cc2ccc(C(=N)N)cc2)c2nn(-c3ncccn3)c(=O)[nH]2)c1F. The monoisotopic (exact) mass is 551 g/mol. The predicted molar refractivity (Wildman–Crippen MR) is 145 cm³/mol. The summed E-state index contributed by atoms with van der Waals surface area (Å²) in [6.07, 6.45) is 3.97. The van der Waals surface area contributed by atoms with E-state index in [4.69, 9.17) is 30.5 Å². The Morgan fingerprint density at radius 2 is 1.88 bits per heavy atom. The number of aliphatic carboxylic acids is 1. The van der Waals surface area contributed by atoms with Crippen molar-refractivity contribution in [3.05, 3.63) is 93.7 Å². The molecule has 5 N–H and O–H groups in total. The van der Waals surface area contributed by atoms with Gasteiger partial charge in [-0.25, -0.2) is 19.2 Å². The zero-order valence-electron chi connectivity index (χ0n) is 22.2. The third-order valence-electron chi connectivity index (χ3n) is 5.53. The Balaban J connectivity index is 0.00000103. The van der Waals surface area contributed by atoms with Crippen LogP contribution in [0.25, 0.3) is 5.95 Å². The second kappa shape index (κ2) is 13.6. The highest BCUT2D eigenvalue weighted by Crippen LogP contribution is 2.36. The highest BCUT2D eigenvalue weighted by Gasteiger charge is 2.27. The fraction of sp³-hybridized carbons (Fsp3) is 0.259. The number of carboxylic acids is 1. The molecule has 0 aliphatic heterocycles. The lowest BCUT2D eigenvalue weighted by Crippen LogP contribution is -2.18. The number of benzene rings is 2. The van der Waals surface area contributed by atoms with E-state index in [1.165, 1.54) is 25.6 Å². The number of aromatic nitrogens is 5. The van der Waals surface area contributed by atoms with Crippen molar-refractivity contribution < 1.29 is 23.8 Å². The zero-order valence-corrected chi connectivity index (χ0v) is 22.2. The molecule has 0 saturated carbocycles. The Labute approximate surface area is 229 Å². The molecule has 12 nitrogen and oxygen atoms in total. The molecule has 1 atom stereocenters. The summed E-state index contributed by atoms with van der Waals surface area (Å²) in [5.74, 6) is -1.41. The van der Waals surface area contributed by atoms with Crippen LogP contribution in [0.4, 0.5) is 4.39 Å². The van der Waals surface area contributed by atoms with Crippen molar-refractivity contribution in [1.82, 2.24) is 24.7 Å². The highest BCUT2D eigenvalue weighted by atomic mass is 19.1. The van der Waals surface area contributed by atoms with Crippen LogP contribution < -0.4 is 20.9 Å². The van der Waals surface area contributed by atoms with E-state index in [1.54, 1.807) is 36.4 Å². The van der Waals surface area contributed by atoms with Crippen LogP contribution in [0.2, 0.25) is 0 Å². The molecule has 0 amide bonds. The first kappa shape index (κ1) is 29.5. The summed E-state index contributed by atoms with van der Waals surface area (Å²) in [6.45, 7) is 3.34. The van der Waals surface area contributed by atoms with Gasteiger partial charge in [-0.3, -0.25) is 15.2 Å². The summed E-state index contributed by atoms with van der Waals surface area (Å²) >= 11 is 0. The fourth-order valence-corrected chi connectivity index (χ4v) is 3.73. The van der Waals surface area contributed by atoms with Crippen LogP contribution in [-0.2, 0) is 11.2 Å². The topological polar surface area (TPSA) is 182 Å². The van der Waals surface area contributed by atoms with E-state index in [9.17, 15) is 4.79 Å². The normalized spacial score (nSPS) is 11.2. The molecule has 0 fully saturated rings. The van der Waals surface area contributed by atoms with Crippen molar-refractivity contribution in [3.63, 3.8) is 0 Å². The van der Waals surface area contributed by atoms with Crippen molar-refractivity contribution in [2.75, 3.05) is 13.7 Å². The van der Waals surface area contributed by atoms with Gasteiger partial charge in [0, 0.05) is 36.5 Å². The first-order valence-electron chi connectivity index (χ1n) is 12.2. The van der Waals surface area contributed by atoms with Crippen molar-refractivity contribution in [3.8, 4) is 17.4 Å². The molecule has 4 rings (SSSR count). The number of nitrogens with one attached hydrogen (secondary N) is 2. The molecule has 0 aliphatic rings. The number of ether oxygens (including phenoxy) is 2. The number of nitrogen functional groups attached to an aromatic ring is 1. The number of carboxylic acid groups (broad SMARTS) is 1. The number of H-pyrrole nitrogens is 1. The van der Waals surface area contributed by atoms with Gasteiger partial charge >= 0.3 is 5.69 Å². The lowest BCUT2D eigenvalue weighted by Gasteiger charge is -2.19. The smallest absolute Gasteiger partial charge is 0.350 e. The summed E-state index contributed by atoms with van der Waals surface area (Å²) in [6, 6.07) is 11.7. The van der Waals surface area contributed by atoms with Gasteiger partial charge in [-0.15, -0.1) is 9.78 Å². The number of methoxy groups -OCH3 is 1. The van der Waals surface area contributed by atoms with E-state index < -0.39 is 23.4 Å². The number of rotatable bonds is 10. The Kier molecular flexibility index (Phi) is 10.1. The Morgan fingerprint density at radius 3 is 2.45 bits per heavy atom. The Hall–Kier alpha value is -5.07. The average molecular weight is 552 g/mol. The van der Waals surface area contributed by atoms with Gasteiger partial charge in [0.05, 0.1) is 19.6 Å². The minimum atomic E-state index is -0.833. The summed E-state index contributed by atoms with van der Waals surface area (Å²) in [5, 5.41) is 19.4. The molecule has 0 radical (unpaired) electrons. The number of carbonyl (C=O) groups is 1. The van der Waals surface area contributed by atoms with Crippen molar-refractivity contribution in [2.24, 2.45) is 5.73 Å². The molecule has 2 heterocycles. The minimum absolute atomic E-state index is 0.0521. The van der Waals surface area contributed by atoms with E-state index in [0.717, 1.165) is 17.2 Å². The molecule has 2 aromatic heterocycles. The average Bonchev–Trinajstić information content (AvgIpc) is 3.33. The standard InChI is InChI=1S/C25H26FN7O3.C2H4O2/c1-3-11-36-20-14-17(35-2)13-18(21(20)26)19(12-15-5-7-16(8-6-15)22(27)28)23-31-25(34)33(32-23)24-29-9-4-10-30-24;1-2(3)4/h4-10,13-14,19H,3,11-12H2,1-2H3,(H3,27,28)(H,31,32,34);1H3,(H,3,4). The number of nitrogens with zero attached hydrogens (tertiary/aromatic N) is 4. The number of nitrogens with two attached hydrogens (primary N) is 1. The number of aromatic amines is 1. The molecule has 0 saturated heterocycles. The van der Waals surface area contributed by atoms with Gasteiger partial charge in [0.25, 0.3) is 11.9 Å². The van der Waals surface area contributed by atoms with Crippen molar-refractivity contribution in [1.29, 1.82) is 5.41 Å². The molecule has 40 heavy (non-hydrogen) atoms. The molecule has 0 bridgehead atoms. The van der Waals surface area contributed by atoms with Crippen LogP contribution in [0, 0.1) is 11.2 Å². The number of halogens is 1. The summed E-state index contributed by atoms with van der Waals surface area (Å²) in [7, 11) is 1.49. The molecule has 210 valence electrons. The molecule has 0 spiro atoms. The second-order valence-electron chi connectivity index (χ2n) is 8.54. The number of hydrogen-bond donors (Lipinski definition) is 4. The lowest BCUT2D eigenvalue weighted by atomic mass is 9.90. The number of amidine groups is 1. The third kappa shape index (κ3) is 7.49. The van der Waals surface area contributed by atoms with E-state index in [0.29, 0.717) is 24.3 Å². The van der Waals surface area contributed by atoms with Crippen LogP contribution >= 0.6 is 0 Å². The summed E-state index contributed by atoms with van der Waals surface area (Å²) < 4.78 is 27.9. The van der Waals surface area contributed by atoms with Gasteiger partial charge in [-0.2, -0.15) is 0 Å². The number of hydrogen-bond acceptors (Lipinski definition) is 8. The van der Waals surface area contributed by atoms with Crippen LogP contribution in [0.3, 0.4) is 0 Å². The van der Waals surface area contributed by atoms with Crippen LogP contribution in [-0.4, -0.2) is 55.4 Å².